The average Bonchev–Trinajstić information content (AvgIpc) is 3.30. The molecule has 0 aromatic heterocycles. The lowest BCUT2D eigenvalue weighted by Crippen LogP contribution is -2.27. The number of carbonyl (C=O) groups excluding carboxylic acids is 1. The lowest BCUT2D eigenvalue weighted by Gasteiger charge is -2.16. The van der Waals surface area contributed by atoms with Crippen LogP contribution in [0.3, 0.4) is 0 Å². The summed E-state index contributed by atoms with van der Waals surface area (Å²) in [6.07, 6.45) is 3.91. The van der Waals surface area contributed by atoms with Gasteiger partial charge in [0.2, 0.25) is 5.91 Å². The molecule has 2 aromatic carbocycles. The fraction of sp³-hybridized carbons (Fsp3) is 0.235. The van der Waals surface area contributed by atoms with Gasteiger partial charge in [0.1, 0.15) is 0 Å². The number of carbonyl (C=O) groups is 1. The van der Waals surface area contributed by atoms with Crippen LogP contribution in [-0.4, -0.2) is 12.2 Å². The first-order valence-corrected chi connectivity index (χ1v) is 7.98. The molecule has 0 radical (unpaired) electrons. The third kappa shape index (κ3) is 2.46. The van der Waals surface area contributed by atoms with Crippen LogP contribution in [0.2, 0.25) is 0 Å². The quantitative estimate of drug-likeness (QED) is 0.857. The maximum atomic E-state index is 12.6. The van der Waals surface area contributed by atoms with Crippen LogP contribution in [0.25, 0.3) is 0 Å². The molecule has 2 nitrogen and oxygen atoms in total. The van der Waals surface area contributed by atoms with E-state index in [9.17, 15) is 4.79 Å². The predicted octanol–water partition coefficient (Wildman–Crippen LogP) is 4.08. The van der Waals surface area contributed by atoms with Crippen LogP contribution in [0.1, 0.15) is 18.4 Å². The van der Waals surface area contributed by atoms with Crippen molar-refractivity contribution in [2.24, 2.45) is 0 Å². The van der Waals surface area contributed by atoms with Gasteiger partial charge in [-0.05, 0) is 42.9 Å². The Hall–Kier alpha value is -1.74. The number of rotatable bonds is 4. The molecule has 1 amide bonds. The molecule has 1 N–H and O–H groups in total. The number of amides is 1. The highest BCUT2D eigenvalue weighted by Gasteiger charge is 2.51. The first-order chi connectivity index (χ1) is 9.74. The predicted molar refractivity (Wildman–Crippen MR) is 84.2 cm³/mol. The molecule has 0 bridgehead atoms. The average molecular weight is 283 g/mol. The van der Waals surface area contributed by atoms with Crippen LogP contribution in [0.4, 0.5) is 5.69 Å². The van der Waals surface area contributed by atoms with E-state index in [1.54, 1.807) is 11.8 Å². The van der Waals surface area contributed by atoms with Crippen molar-refractivity contribution >= 4 is 23.4 Å². The van der Waals surface area contributed by atoms with Crippen molar-refractivity contribution in [1.29, 1.82) is 0 Å². The molecular weight excluding hydrogens is 266 g/mol. The molecule has 0 aliphatic heterocycles. The van der Waals surface area contributed by atoms with Crippen LogP contribution in [0, 0.1) is 0 Å². The number of thioether (sulfide) groups is 1. The number of anilines is 1. The normalized spacial score (nSPS) is 15.7. The van der Waals surface area contributed by atoms with Crippen molar-refractivity contribution in [2.75, 3.05) is 11.6 Å². The molecule has 0 heterocycles. The first-order valence-electron chi connectivity index (χ1n) is 6.76. The third-order valence-electron chi connectivity index (χ3n) is 3.84. The van der Waals surface area contributed by atoms with Gasteiger partial charge in [-0.25, -0.2) is 0 Å². The Bertz CT molecular complexity index is 620. The Labute approximate surface area is 123 Å². The topological polar surface area (TPSA) is 29.1 Å². The molecule has 1 aliphatic rings. The SMILES string of the molecule is CSc1cccc(NC(=O)C2(c3ccccc3)CC2)c1. The van der Waals surface area contributed by atoms with Crippen molar-refractivity contribution in [3.8, 4) is 0 Å². The molecule has 0 unspecified atom stereocenters. The van der Waals surface area contributed by atoms with E-state index in [4.69, 9.17) is 0 Å². The van der Waals surface area contributed by atoms with Crippen molar-refractivity contribution in [2.45, 2.75) is 23.2 Å². The molecule has 3 heteroatoms. The maximum absolute atomic E-state index is 12.6. The fourth-order valence-electron chi connectivity index (χ4n) is 2.48. The standard InChI is InChI=1S/C17H17NOS/c1-20-15-9-5-8-14(12-15)18-16(19)17(10-11-17)13-6-3-2-4-7-13/h2-9,12H,10-11H2,1H3,(H,18,19). The van der Waals surface area contributed by atoms with Gasteiger partial charge in [-0.3, -0.25) is 4.79 Å². The van der Waals surface area contributed by atoms with E-state index >= 15 is 0 Å². The van der Waals surface area contributed by atoms with Gasteiger partial charge in [0.25, 0.3) is 0 Å². The molecule has 0 saturated heterocycles. The van der Waals surface area contributed by atoms with E-state index in [0.29, 0.717) is 0 Å². The number of hydrogen-bond acceptors (Lipinski definition) is 2. The zero-order valence-corrected chi connectivity index (χ0v) is 12.2. The van der Waals surface area contributed by atoms with Gasteiger partial charge >= 0.3 is 0 Å². The summed E-state index contributed by atoms with van der Waals surface area (Å²) in [7, 11) is 0. The van der Waals surface area contributed by atoms with E-state index in [0.717, 1.165) is 29.0 Å². The van der Waals surface area contributed by atoms with Gasteiger partial charge in [0.05, 0.1) is 5.41 Å². The minimum atomic E-state index is -0.309. The van der Waals surface area contributed by atoms with Crippen molar-refractivity contribution < 1.29 is 4.79 Å². The van der Waals surface area contributed by atoms with E-state index in [1.165, 1.54) is 0 Å². The van der Waals surface area contributed by atoms with Gasteiger partial charge in [-0.2, -0.15) is 0 Å². The van der Waals surface area contributed by atoms with E-state index in [2.05, 4.69) is 5.32 Å². The molecular formula is C17H17NOS. The Morgan fingerprint density at radius 1 is 1.10 bits per heavy atom. The minimum Gasteiger partial charge on any atom is -0.325 e. The summed E-state index contributed by atoms with van der Waals surface area (Å²) in [4.78, 5) is 13.7. The number of benzene rings is 2. The van der Waals surface area contributed by atoms with Gasteiger partial charge in [-0.1, -0.05) is 36.4 Å². The minimum absolute atomic E-state index is 0.113. The highest BCUT2D eigenvalue weighted by molar-refractivity contribution is 7.98. The molecule has 1 aliphatic carbocycles. The van der Waals surface area contributed by atoms with Crippen LogP contribution in [0.15, 0.2) is 59.5 Å². The highest BCUT2D eigenvalue weighted by Crippen LogP contribution is 2.48. The zero-order valence-electron chi connectivity index (χ0n) is 11.4. The van der Waals surface area contributed by atoms with Crippen molar-refractivity contribution in [1.82, 2.24) is 0 Å². The fourth-order valence-corrected chi connectivity index (χ4v) is 2.94. The van der Waals surface area contributed by atoms with Crippen LogP contribution in [0.5, 0.6) is 0 Å². The second-order valence-corrected chi connectivity index (χ2v) is 6.01. The van der Waals surface area contributed by atoms with Crippen LogP contribution in [-0.2, 0) is 10.2 Å². The lowest BCUT2D eigenvalue weighted by molar-refractivity contribution is -0.118. The summed E-state index contributed by atoms with van der Waals surface area (Å²) in [6.45, 7) is 0. The maximum Gasteiger partial charge on any atom is 0.235 e. The first kappa shape index (κ1) is 13.3. The molecule has 2 aromatic rings. The summed E-state index contributed by atoms with van der Waals surface area (Å²) >= 11 is 1.68. The molecule has 102 valence electrons. The lowest BCUT2D eigenvalue weighted by atomic mass is 9.95. The Morgan fingerprint density at radius 3 is 2.50 bits per heavy atom. The molecule has 3 rings (SSSR count). The summed E-state index contributed by atoms with van der Waals surface area (Å²) < 4.78 is 0. The smallest absolute Gasteiger partial charge is 0.235 e. The van der Waals surface area contributed by atoms with Crippen LogP contribution >= 0.6 is 11.8 Å². The van der Waals surface area contributed by atoms with Gasteiger partial charge in [0.15, 0.2) is 0 Å². The second-order valence-electron chi connectivity index (χ2n) is 5.13. The van der Waals surface area contributed by atoms with Gasteiger partial charge < -0.3 is 5.32 Å². The van der Waals surface area contributed by atoms with Crippen molar-refractivity contribution in [3.05, 3.63) is 60.2 Å². The third-order valence-corrected chi connectivity index (χ3v) is 4.56. The highest BCUT2D eigenvalue weighted by atomic mass is 32.2. The molecule has 20 heavy (non-hydrogen) atoms. The monoisotopic (exact) mass is 283 g/mol. The van der Waals surface area contributed by atoms with E-state index < -0.39 is 0 Å². The zero-order chi connectivity index (χ0) is 14.0. The second kappa shape index (κ2) is 5.33. The van der Waals surface area contributed by atoms with Crippen molar-refractivity contribution in [3.63, 3.8) is 0 Å². The number of hydrogen-bond donors (Lipinski definition) is 1. The molecule has 0 spiro atoms. The van der Waals surface area contributed by atoms with E-state index in [1.807, 2.05) is 60.9 Å². The van der Waals surface area contributed by atoms with Gasteiger partial charge in [0, 0.05) is 10.6 Å². The van der Waals surface area contributed by atoms with E-state index in [-0.39, 0.29) is 11.3 Å². The van der Waals surface area contributed by atoms with Gasteiger partial charge in [-0.15, -0.1) is 11.8 Å². The molecule has 0 atom stereocenters. The summed E-state index contributed by atoms with van der Waals surface area (Å²) in [5.74, 6) is 0.113. The summed E-state index contributed by atoms with van der Waals surface area (Å²) in [6, 6.07) is 18.1. The molecule has 1 saturated carbocycles. The summed E-state index contributed by atoms with van der Waals surface area (Å²) in [5, 5.41) is 3.07. The molecule has 1 fully saturated rings. The Morgan fingerprint density at radius 2 is 1.85 bits per heavy atom. The van der Waals surface area contributed by atoms with Crippen LogP contribution < -0.4 is 5.32 Å². The largest absolute Gasteiger partial charge is 0.325 e. The number of nitrogens with one attached hydrogen (secondary N) is 1. The Balaban J connectivity index is 1.80. The summed E-state index contributed by atoms with van der Waals surface area (Å²) in [5.41, 5.74) is 1.69. The Kier molecular flexibility index (Phi) is 3.53.